The molecule has 0 aliphatic carbocycles. The van der Waals surface area contributed by atoms with Gasteiger partial charge in [-0.3, -0.25) is 18.7 Å². The molecule has 0 unspecified atom stereocenters. The standard InChI is InChI=1S/C24H13F2N3.Pt/c25-20-13-12-18(24(26)19(20)15-27)21-9-5-11-23(29-21)22-10-4-8-17(28-22)14-16-6-2-1-3-7-16;/h1-6,8-11,13H,14H2;/q-2;+2. The molecule has 0 saturated heterocycles. The molecule has 0 atom stereocenters. The topological polar surface area (TPSA) is 49.6 Å². The number of hydrogen-bond acceptors (Lipinski definition) is 3. The Morgan fingerprint density at radius 3 is 2.33 bits per heavy atom. The second-order valence-electron chi connectivity index (χ2n) is 6.30. The Bertz CT molecular complexity index is 1220. The normalized spacial score (nSPS) is 10.2. The minimum Gasteiger partial charge on any atom is -0.295 e. The van der Waals surface area contributed by atoms with Gasteiger partial charge >= 0.3 is 21.1 Å². The van der Waals surface area contributed by atoms with E-state index in [1.54, 1.807) is 18.2 Å². The predicted octanol–water partition coefficient (Wildman–Crippen LogP) is 5.15. The van der Waals surface area contributed by atoms with Gasteiger partial charge in [-0.15, -0.1) is 12.1 Å². The summed E-state index contributed by atoms with van der Waals surface area (Å²) in [6.07, 6.45) is 0.625. The summed E-state index contributed by atoms with van der Waals surface area (Å²) in [4.78, 5) is 9.10. The molecule has 0 saturated carbocycles. The number of nitriles is 1. The third kappa shape index (κ3) is 4.50. The number of benzene rings is 2. The summed E-state index contributed by atoms with van der Waals surface area (Å²) in [5.41, 5.74) is 2.58. The van der Waals surface area contributed by atoms with Crippen LogP contribution in [0, 0.1) is 35.1 Å². The summed E-state index contributed by atoms with van der Waals surface area (Å²) in [5.74, 6) is -1.92. The van der Waals surface area contributed by atoms with Crippen LogP contribution in [0.25, 0.3) is 22.6 Å². The molecule has 148 valence electrons. The van der Waals surface area contributed by atoms with E-state index in [1.807, 2.05) is 42.5 Å². The first kappa shape index (κ1) is 21.5. The second kappa shape index (κ2) is 9.52. The van der Waals surface area contributed by atoms with Gasteiger partial charge in [0.15, 0.2) is 0 Å². The molecule has 0 radical (unpaired) electrons. The fraction of sp³-hybridized carbons (Fsp3) is 0.0417. The molecular formula is C24H13F2N3Pt. The molecule has 0 aliphatic rings. The Balaban J connectivity index is 0.00000256. The van der Waals surface area contributed by atoms with Crippen LogP contribution in [0.1, 0.15) is 16.8 Å². The van der Waals surface area contributed by atoms with E-state index in [4.69, 9.17) is 5.26 Å². The van der Waals surface area contributed by atoms with Crippen molar-refractivity contribution in [1.82, 2.24) is 9.97 Å². The van der Waals surface area contributed by atoms with E-state index in [0.29, 0.717) is 17.8 Å². The van der Waals surface area contributed by atoms with Crippen molar-refractivity contribution in [3.63, 3.8) is 0 Å². The van der Waals surface area contributed by atoms with Gasteiger partial charge < -0.3 is 0 Å². The predicted molar refractivity (Wildman–Crippen MR) is 104 cm³/mol. The maximum Gasteiger partial charge on any atom is 2.00 e. The van der Waals surface area contributed by atoms with Crippen LogP contribution < -0.4 is 0 Å². The van der Waals surface area contributed by atoms with Gasteiger partial charge in [0.1, 0.15) is 0 Å². The Hall–Kier alpha value is -3.22. The van der Waals surface area contributed by atoms with Crippen LogP contribution in [0.5, 0.6) is 0 Å². The summed E-state index contributed by atoms with van der Waals surface area (Å²) < 4.78 is 28.1. The van der Waals surface area contributed by atoms with E-state index in [2.05, 4.69) is 22.1 Å². The van der Waals surface area contributed by atoms with Crippen LogP contribution in [0.15, 0.2) is 66.7 Å². The SMILES string of the molecule is N#Cc1c(F)c[c-]c(-c2cccc(-c3cccc(Cc4[c-]cccc4)n3)n2)c1F.[Pt+2]. The van der Waals surface area contributed by atoms with Crippen LogP contribution in [-0.2, 0) is 27.5 Å². The number of nitrogens with zero attached hydrogens (tertiary/aromatic N) is 3. The van der Waals surface area contributed by atoms with Crippen LogP contribution >= 0.6 is 0 Å². The van der Waals surface area contributed by atoms with Gasteiger partial charge in [-0.05, 0) is 30.3 Å². The summed E-state index contributed by atoms with van der Waals surface area (Å²) in [6.45, 7) is 0. The van der Waals surface area contributed by atoms with Crippen LogP contribution in [0.2, 0.25) is 0 Å². The zero-order valence-electron chi connectivity index (χ0n) is 15.5. The van der Waals surface area contributed by atoms with E-state index in [0.717, 1.165) is 17.3 Å². The van der Waals surface area contributed by atoms with Gasteiger partial charge in [0.25, 0.3) is 0 Å². The summed E-state index contributed by atoms with van der Waals surface area (Å²) in [7, 11) is 0. The third-order valence-corrected chi connectivity index (χ3v) is 4.35. The number of rotatable bonds is 4. The van der Waals surface area contributed by atoms with Crippen molar-refractivity contribution in [2.24, 2.45) is 0 Å². The maximum absolute atomic E-state index is 14.5. The number of halogens is 2. The second-order valence-corrected chi connectivity index (χ2v) is 6.30. The largest absolute Gasteiger partial charge is 2.00 e. The van der Waals surface area contributed by atoms with Crippen molar-refractivity contribution < 1.29 is 29.8 Å². The molecule has 6 heteroatoms. The third-order valence-electron chi connectivity index (χ3n) is 4.35. The summed E-state index contributed by atoms with van der Waals surface area (Å²) in [5, 5.41) is 8.98. The molecule has 0 fully saturated rings. The molecule has 0 bridgehead atoms. The van der Waals surface area contributed by atoms with E-state index >= 15 is 0 Å². The fourth-order valence-electron chi connectivity index (χ4n) is 2.96. The Kier molecular flexibility index (Phi) is 6.82. The van der Waals surface area contributed by atoms with Crippen molar-refractivity contribution in [3.05, 3.63) is 107 Å². The number of pyridine rings is 2. The molecule has 2 heterocycles. The van der Waals surface area contributed by atoms with Crippen molar-refractivity contribution in [2.75, 3.05) is 0 Å². The molecule has 0 N–H and O–H groups in total. The van der Waals surface area contributed by atoms with E-state index in [1.165, 1.54) is 6.07 Å². The quantitative estimate of drug-likeness (QED) is 0.316. The first-order valence-electron chi connectivity index (χ1n) is 8.85. The number of aromatic nitrogens is 2. The summed E-state index contributed by atoms with van der Waals surface area (Å²) in [6, 6.07) is 26.5. The first-order valence-corrected chi connectivity index (χ1v) is 8.85. The average molecular weight is 576 g/mol. The van der Waals surface area contributed by atoms with Crippen molar-refractivity contribution in [1.29, 1.82) is 5.26 Å². The van der Waals surface area contributed by atoms with Gasteiger partial charge in [-0.2, -0.15) is 41.2 Å². The molecule has 0 aliphatic heterocycles. The fourth-order valence-corrected chi connectivity index (χ4v) is 2.96. The molecule has 0 spiro atoms. The van der Waals surface area contributed by atoms with Gasteiger partial charge in [-0.1, -0.05) is 23.8 Å². The van der Waals surface area contributed by atoms with Crippen molar-refractivity contribution in [3.8, 4) is 28.7 Å². The van der Waals surface area contributed by atoms with Gasteiger partial charge in [0, 0.05) is 11.3 Å². The van der Waals surface area contributed by atoms with Crippen LogP contribution in [0.3, 0.4) is 0 Å². The molecule has 3 nitrogen and oxygen atoms in total. The minimum atomic E-state index is -0.974. The molecule has 0 amide bonds. The summed E-state index contributed by atoms with van der Waals surface area (Å²) >= 11 is 0. The van der Waals surface area contributed by atoms with Gasteiger partial charge in [0.2, 0.25) is 0 Å². The molecule has 2 aromatic heterocycles. The molecule has 4 aromatic rings. The van der Waals surface area contributed by atoms with Gasteiger partial charge in [0.05, 0.1) is 29.1 Å². The smallest absolute Gasteiger partial charge is 0.295 e. The van der Waals surface area contributed by atoms with Gasteiger partial charge in [-0.25, -0.2) is 0 Å². The molecule has 2 aromatic carbocycles. The van der Waals surface area contributed by atoms with E-state index in [9.17, 15) is 8.78 Å². The maximum atomic E-state index is 14.5. The van der Waals surface area contributed by atoms with E-state index in [-0.39, 0.29) is 32.3 Å². The average Bonchev–Trinajstić information content (AvgIpc) is 2.75. The van der Waals surface area contributed by atoms with E-state index < -0.39 is 17.2 Å². The number of hydrogen-bond donors (Lipinski definition) is 0. The zero-order chi connectivity index (χ0) is 20.2. The van der Waals surface area contributed by atoms with Crippen molar-refractivity contribution in [2.45, 2.75) is 6.42 Å². The zero-order valence-corrected chi connectivity index (χ0v) is 17.7. The monoisotopic (exact) mass is 576 g/mol. The van der Waals surface area contributed by atoms with Crippen LogP contribution in [-0.4, -0.2) is 9.97 Å². The Morgan fingerprint density at radius 1 is 0.867 bits per heavy atom. The molecular weight excluding hydrogens is 563 g/mol. The Morgan fingerprint density at radius 2 is 1.60 bits per heavy atom. The molecule has 4 rings (SSSR count). The van der Waals surface area contributed by atoms with Crippen molar-refractivity contribution >= 4 is 0 Å². The van der Waals surface area contributed by atoms with Crippen LogP contribution in [0.4, 0.5) is 8.78 Å². The first-order chi connectivity index (χ1) is 14.2. The Labute approximate surface area is 187 Å². The molecule has 30 heavy (non-hydrogen) atoms. The minimum absolute atomic E-state index is 0.